The van der Waals surface area contributed by atoms with Crippen LogP contribution in [-0.2, 0) is 16.1 Å². The molecule has 0 aromatic carbocycles. The number of carbonyl (C=O) groups is 1. The molecule has 2 aromatic rings. The van der Waals surface area contributed by atoms with Crippen molar-refractivity contribution in [2.24, 2.45) is 5.92 Å². The Hall–Kier alpha value is -2.18. The maximum atomic E-state index is 12.0. The van der Waals surface area contributed by atoms with E-state index in [-0.39, 0.29) is 24.4 Å². The number of nitrogens with zero attached hydrogens (tertiary/aromatic N) is 4. The van der Waals surface area contributed by atoms with E-state index in [0.29, 0.717) is 11.9 Å². The van der Waals surface area contributed by atoms with Gasteiger partial charge in [0, 0.05) is 5.92 Å². The molecule has 0 saturated heterocycles. The van der Waals surface area contributed by atoms with Crippen LogP contribution in [0.25, 0.3) is 0 Å². The molecule has 2 fully saturated rings. The standard InChI is InChI=1S/C13H14N4O3/c18-13(10-6-9(10)11-2-1-5-19-11)20-7-12-14-15-16-17(12)8-3-4-8/h1-2,5,8-10H,3-4,6-7H2/t9-,10-/m0/s1. The van der Waals surface area contributed by atoms with Crippen molar-refractivity contribution in [3.63, 3.8) is 0 Å². The van der Waals surface area contributed by atoms with E-state index in [0.717, 1.165) is 25.0 Å². The lowest BCUT2D eigenvalue weighted by Gasteiger charge is -2.04. The largest absolute Gasteiger partial charge is 0.469 e. The monoisotopic (exact) mass is 274 g/mol. The average Bonchev–Trinajstić information content (AvgIpc) is 3.36. The van der Waals surface area contributed by atoms with Crippen molar-refractivity contribution in [3.8, 4) is 0 Å². The van der Waals surface area contributed by atoms with Gasteiger partial charge in [0.15, 0.2) is 12.4 Å². The quantitative estimate of drug-likeness (QED) is 0.767. The van der Waals surface area contributed by atoms with Gasteiger partial charge < -0.3 is 9.15 Å². The smallest absolute Gasteiger partial charge is 0.310 e. The third kappa shape index (κ3) is 2.09. The molecule has 0 radical (unpaired) electrons. The zero-order valence-corrected chi connectivity index (χ0v) is 10.8. The number of tetrazole rings is 1. The topological polar surface area (TPSA) is 83.0 Å². The average molecular weight is 274 g/mol. The first kappa shape index (κ1) is 11.6. The van der Waals surface area contributed by atoms with E-state index in [9.17, 15) is 4.79 Å². The van der Waals surface area contributed by atoms with Crippen LogP contribution >= 0.6 is 0 Å². The molecule has 2 atom stereocenters. The van der Waals surface area contributed by atoms with Crippen LogP contribution in [0, 0.1) is 5.92 Å². The van der Waals surface area contributed by atoms with Crippen LogP contribution in [0.2, 0.25) is 0 Å². The molecule has 2 saturated carbocycles. The molecule has 0 unspecified atom stereocenters. The Morgan fingerprint density at radius 1 is 1.50 bits per heavy atom. The van der Waals surface area contributed by atoms with Crippen LogP contribution in [0.5, 0.6) is 0 Å². The number of hydrogen-bond acceptors (Lipinski definition) is 6. The minimum atomic E-state index is -0.197. The zero-order chi connectivity index (χ0) is 13.5. The van der Waals surface area contributed by atoms with Gasteiger partial charge in [-0.1, -0.05) is 0 Å². The van der Waals surface area contributed by atoms with Gasteiger partial charge in [-0.05, 0) is 41.8 Å². The Kier molecular flexibility index (Phi) is 2.58. The van der Waals surface area contributed by atoms with Gasteiger partial charge in [0.25, 0.3) is 0 Å². The molecule has 0 N–H and O–H groups in total. The normalized spacial score (nSPS) is 24.6. The lowest BCUT2D eigenvalue weighted by molar-refractivity contribution is -0.147. The van der Waals surface area contributed by atoms with Gasteiger partial charge in [0.2, 0.25) is 0 Å². The van der Waals surface area contributed by atoms with Gasteiger partial charge in [0.05, 0.1) is 18.2 Å². The highest BCUT2D eigenvalue weighted by atomic mass is 16.5. The molecule has 2 heterocycles. The Morgan fingerprint density at radius 2 is 2.40 bits per heavy atom. The Bertz CT molecular complexity index is 617. The second-order valence-corrected chi connectivity index (χ2v) is 5.34. The molecule has 4 rings (SSSR count). The van der Waals surface area contributed by atoms with E-state index in [2.05, 4.69) is 15.5 Å². The van der Waals surface area contributed by atoms with Crippen molar-refractivity contribution >= 4 is 5.97 Å². The number of carbonyl (C=O) groups excluding carboxylic acids is 1. The van der Waals surface area contributed by atoms with E-state index in [1.54, 1.807) is 10.9 Å². The summed E-state index contributed by atoms with van der Waals surface area (Å²) in [5.74, 6) is 1.35. The number of ether oxygens (including phenoxy) is 1. The highest BCUT2D eigenvalue weighted by molar-refractivity contribution is 5.77. The molecule has 104 valence electrons. The Labute approximate surface area is 114 Å². The van der Waals surface area contributed by atoms with Crippen molar-refractivity contribution in [2.75, 3.05) is 0 Å². The zero-order valence-electron chi connectivity index (χ0n) is 10.8. The lowest BCUT2D eigenvalue weighted by atomic mass is 10.2. The molecule has 0 aliphatic heterocycles. The Balaban J connectivity index is 1.34. The molecule has 2 aliphatic rings. The third-order valence-electron chi connectivity index (χ3n) is 3.80. The van der Waals surface area contributed by atoms with Gasteiger partial charge >= 0.3 is 5.97 Å². The second-order valence-electron chi connectivity index (χ2n) is 5.34. The maximum Gasteiger partial charge on any atom is 0.310 e. The summed E-state index contributed by atoms with van der Waals surface area (Å²) >= 11 is 0. The summed E-state index contributed by atoms with van der Waals surface area (Å²) in [6.07, 6.45) is 4.60. The predicted octanol–water partition coefficient (Wildman–Crippen LogP) is 1.45. The molecule has 0 amide bonds. The van der Waals surface area contributed by atoms with Crippen LogP contribution in [0.4, 0.5) is 0 Å². The molecule has 2 aliphatic carbocycles. The fourth-order valence-electron chi connectivity index (χ4n) is 2.42. The van der Waals surface area contributed by atoms with Crippen molar-refractivity contribution in [1.82, 2.24) is 20.2 Å². The summed E-state index contributed by atoms with van der Waals surface area (Å²) < 4.78 is 12.4. The fraction of sp³-hybridized carbons (Fsp3) is 0.538. The molecule has 20 heavy (non-hydrogen) atoms. The molecular weight excluding hydrogens is 260 g/mol. The molecular formula is C13H14N4O3. The van der Waals surface area contributed by atoms with Crippen LogP contribution in [0.15, 0.2) is 22.8 Å². The third-order valence-corrected chi connectivity index (χ3v) is 3.80. The number of rotatable bonds is 5. The molecule has 0 bridgehead atoms. The number of hydrogen-bond donors (Lipinski definition) is 0. The van der Waals surface area contributed by atoms with Crippen molar-refractivity contribution in [1.29, 1.82) is 0 Å². The molecule has 7 nitrogen and oxygen atoms in total. The minimum Gasteiger partial charge on any atom is -0.469 e. The first-order valence-electron chi connectivity index (χ1n) is 6.79. The lowest BCUT2D eigenvalue weighted by Crippen LogP contribution is -2.11. The summed E-state index contributed by atoms with van der Waals surface area (Å²) in [6, 6.07) is 4.11. The van der Waals surface area contributed by atoms with Gasteiger partial charge in [-0.25, -0.2) is 4.68 Å². The number of esters is 1. The first-order valence-corrected chi connectivity index (χ1v) is 6.79. The van der Waals surface area contributed by atoms with E-state index >= 15 is 0 Å². The first-order chi connectivity index (χ1) is 9.83. The summed E-state index contributed by atoms with van der Waals surface area (Å²) in [4.78, 5) is 12.0. The van der Waals surface area contributed by atoms with Gasteiger partial charge in [-0.2, -0.15) is 0 Å². The predicted molar refractivity (Wildman–Crippen MR) is 65.4 cm³/mol. The molecule has 7 heteroatoms. The summed E-state index contributed by atoms with van der Waals surface area (Å²) in [7, 11) is 0. The maximum absolute atomic E-state index is 12.0. The van der Waals surface area contributed by atoms with Crippen molar-refractivity contribution in [3.05, 3.63) is 30.0 Å². The number of aromatic nitrogens is 4. The van der Waals surface area contributed by atoms with Crippen LogP contribution in [0.1, 0.15) is 42.8 Å². The van der Waals surface area contributed by atoms with Gasteiger partial charge in [-0.15, -0.1) is 5.10 Å². The van der Waals surface area contributed by atoms with E-state index in [1.165, 1.54) is 0 Å². The highest BCUT2D eigenvalue weighted by Crippen LogP contribution is 2.48. The van der Waals surface area contributed by atoms with E-state index < -0.39 is 0 Å². The van der Waals surface area contributed by atoms with Gasteiger partial charge in [0.1, 0.15) is 5.76 Å². The second kappa shape index (κ2) is 4.43. The van der Waals surface area contributed by atoms with Crippen LogP contribution < -0.4 is 0 Å². The highest BCUT2D eigenvalue weighted by Gasteiger charge is 2.47. The molecule has 0 spiro atoms. The summed E-state index contributed by atoms with van der Waals surface area (Å²) in [6.45, 7) is 0.143. The summed E-state index contributed by atoms with van der Waals surface area (Å²) in [5, 5.41) is 11.5. The van der Waals surface area contributed by atoms with E-state index in [4.69, 9.17) is 9.15 Å². The fourth-order valence-corrected chi connectivity index (χ4v) is 2.42. The van der Waals surface area contributed by atoms with E-state index in [1.807, 2.05) is 12.1 Å². The molecule has 2 aromatic heterocycles. The van der Waals surface area contributed by atoms with Crippen molar-refractivity contribution in [2.45, 2.75) is 37.8 Å². The summed E-state index contributed by atoms with van der Waals surface area (Å²) in [5.41, 5.74) is 0. The van der Waals surface area contributed by atoms with Crippen LogP contribution in [-0.4, -0.2) is 26.2 Å². The minimum absolute atomic E-state index is 0.0913. The van der Waals surface area contributed by atoms with Crippen LogP contribution in [0.3, 0.4) is 0 Å². The van der Waals surface area contributed by atoms with Crippen molar-refractivity contribution < 1.29 is 13.9 Å². The SMILES string of the molecule is O=C(OCc1nnnn1C1CC1)[C@H]1C[C@@H]1c1ccco1. The van der Waals surface area contributed by atoms with Gasteiger partial charge in [-0.3, -0.25) is 4.79 Å². The Morgan fingerprint density at radius 3 is 3.15 bits per heavy atom. The number of furan rings is 1.